The number of ether oxygens (including phenoxy) is 1. The molecule has 5 heteroatoms. The third-order valence-corrected chi connectivity index (χ3v) is 3.68. The van der Waals surface area contributed by atoms with E-state index < -0.39 is 0 Å². The highest BCUT2D eigenvalue weighted by molar-refractivity contribution is 5.09. The molecule has 2 rings (SSSR count). The van der Waals surface area contributed by atoms with Crippen LogP contribution in [-0.4, -0.2) is 48.8 Å². The van der Waals surface area contributed by atoms with Gasteiger partial charge in [0.2, 0.25) is 0 Å². The molecule has 3 unspecified atom stereocenters. The Morgan fingerprint density at radius 3 is 2.65 bits per heavy atom. The average Bonchev–Trinajstić information content (AvgIpc) is 2.40. The van der Waals surface area contributed by atoms with E-state index >= 15 is 0 Å². The van der Waals surface area contributed by atoms with Crippen LogP contribution in [0.4, 0.5) is 4.39 Å². The van der Waals surface area contributed by atoms with Gasteiger partial charge >= 0.3 is 0 Å². The standard InChI is InChI=1S/C15H24FN3O/c1-11-9-19(10-12(2)20-11)7-6-14(17-3)15-5-4-13(16)8-18-15/h4-5,8,11-12,14,17H,6-7,9-10H2,1-3H3. The van der Waals surface area contributed by atoms with Crippen molar-refractivity contribution in [2.75, 3.05) is 26.7 Å². The number of nitrogens with one attached hydrogen (secondary N) is 1. The molecular weight excluding hydrogens is 257 g/mol. The number of pyridine rings is 1. The van der Waals surface area contributed by atoms with E-state index in [1.165, 1.54) is 12.3 Å². The Morgan fingerprint density at radius 1 is 1.40 bits per heavy atom. The normalized spacial score (nSPS) is 25.6. The highest BCUT2D eigenvalue weighted by atomic mass is 19.1. The Bertz CT molecular complexity index is 402. The lowest BCUT2D eigenvalue weighted by Crippen LogP contribution is -2.46. The second kappa shape index (κ2) is 7.11. The molecule has 1 aliphatic heterocycles. The number of aromatic nitrogens is 1. The zero-order valence-electron chi connectivity index (χ0n) is 12.5. The second-order valence-corrected chi connectivity index (χ2v) is 5.55. The van der Waals surface area contributed by atoms with Crippen LogP contribution in [0.25, 0.3) is 0 Å². The maximum absolute atomic E-state index is 12.9. The van der Waals surface area contributed by atoms with E-state index in [-0.39, 0.29) is 24.1 Å². The number of hydrogen-bond acceptors (Lipinski definition) is 4. The first-order chi connectivity index (χ1) is 9.58. The van der Waals surface area contributed by atoms with E-state index in [2.05, 4.69) is 29.0 Å². The van der Waals surface area contributed by atoms with Crippen molar-refractivity contribution in [3.05, 3.63) is 29.8 Å². The molecule has 1 aliphatic rings. The fourth-order valence-electron chi connectivity index (χ4n) is 2.81. The van der Waals surface area contributed by atoms with E-state index in [1.807, 2.05) is 7.05 Å². The molecule has 0 spiro atoms. The number of halogens is 1. The van der Waals surface area contributed by atoms with E-state index in [4.69, 9.17) is 4.74 Å². The lowest BCUT2D eigenvalue weighted by atomic mass is 10.1. The first-order valence-corrected chi connectivity index (χ1v) is 7.25. The van der Waals surface area contributed by atoms with Crippen molar-refractivity contribution in [2.24, 2.45) is 0 Å². The van der Waals surface area contributed by atoms with Crippen molar-refractivity contribution in [1.82, 2.24) is 15.2 Å². The summed E-state index contributed by atoms with van der Waals surface area (Å²) in [6.45, 7) is 7.15. The molecule has 112 valence electrons. The minimum absolute atomic E-state index is 0.157. The van der Waals surface area contributed by atoms with Crippen LogP contribution >= 0.6 is 0 Å². The van der Waals surface area contributed by atoms with Gasteiger partial charge in [0.15, 0.2) is 0 Å². The second-order valence-electron chi connectivity index (χ2n) is 5.55. The molecule has 0 aliphatic carbocycles. The van der Waals surface area contributed by atoms with Gasteiger partial charge in [0.05, 0.1) is 30.1 Å². The summed E-state index contributed by atoms with van der Waals surface area (Å²) in [5.74, 6) is -0.292. The molecular formula is C15H24FN3O. The van der Waals surface area contributed by atoms with Crippen LogP contribution in [0.1, 0.15) is 32.0 Å². The summed E-state index contributed by atoms with van der Waals surface area (Å²) in [5, 5.41) is 3.26. The largest absolute Gasteiger partial charge is 0.373 e. The Morgan fingerprint density at radius 2 is 2.10 bits per heavy atom. The van der Waals surface area contributed by atoms with E-state index in [0.717, 1.165) is 31.7 Å². The van der Waals surface area contributed by atoms with Gasteiger partial charge in [0, 0.05) is 19.6 Å². The van der Waals surface area contributed by atoms with Crippen LogP contribution < -0.4 is 5.32 Å². The van der Waals surface area contributed by atoms with Crippen LogP contribution in [0.15, 0.2) is 18.3 Å². The van der Waals surface area contributed by atoms with Gasteiger partial charge in [0.25, 0.3) is 0 Å². The summed E-state index contributed by atoms with van der Waals surface area (Å²) in [4.78, 5) is 6.59. The molecule has 1 saturated heterocycles. The van der Waals surface area contributed by atoms with Gasteiger partial charge in [-0.2, -0.15) is 0 Å². The van der Waals surface area contributed by atoms with Crippen molar-refractivity contribution in [3.8, 4) is 0 Å². The lowest BCUT2D eigenvalue weighted by Gasteiger charge is -2.35. The van der Waals surface area contributed by atoms with Gasteiger partial charge in [-0.3, -0.25) is 9.88 Å². The van der Waals surface area contributed by atoms with E-state index in [1.54, 1.807) is 6.07 Å². The molecule has 1 N–H and O–H groups in total. The zero-order valence-corrected chi connectivity index (χ0v) is 12.5. The fraction of sp³-hybridized carbons (Fsp3) is 0.667. The summed E-state index contributed by atoms with van der Waals surface area (Å²) >= 11 is 0. The maximum atomic E-state index is 12.9. The third kappa shape index (κ3) is 4.23. The van der Waals surface area contributed by atoms with E-state index in [9.17, 15) is 4.39 Å². The maximum Gasteiger partial charge on any atom is 0.141 e. The van der Waals surface area contributed by atoms with Crippen LogP contribution in [0.2, 0.25) is 0 Å². The molecule has 1 aromatic heterocycles. The molecule has 4 nitrogen and oxygen atoms in total. The molecule has 0 aromatic carbocycles. The van der Waals surface area contributed by atoms with Gasteiger partial charge in [-0.15, -0.1) is 0 Å². The molecule has 0 radical (unpaired) electrons. The van der Waals surface area contributed by atoms with Gasteiger partial charge in [0.1, 0.15) is 5.82 Å². The van der Waals surface area contributed by atoms with Gasteiger partial charge in [-0.25, -0.2) is 4.39 Å². The zero-order chi connectivity index (χ0) is 14.5. The van der Waals surface area contributed by atoms with Gasteiger partial charge < -0.3 is 10.1 Å². The highest BCUT2D eigenvalue weighted by Crippen LogP contribution is 2.17. The van der Waals surface area contributed by atoms with Crippen molar-refractivity contribution in [2.45, 2.75) is 38.5 Å². The minimum Gasteiger partial charge on any atom is -0.373 e. The van der Waals surface area contributed by atoms with E-state index in [0.29, 0.717) is 0 Å². The third-order valence-electron chi connectivity index (χ3n) is 3.68. The van der Waals surface area contributed by atoms with Crippen LogP contribution in [-0.2, 0) is 4.74 Å². The average molecular weight is 281 g/mol. The smallest absolute Gasteiger partial charge is 0.141 e. The molecule has 20 heavy (non-hydrogen) atoms. The molecule has 0 saturated carbocycles. The number of nitrogens with zero attached hydrogens (tertiary/aromatic N) is 2. The van der Waals surface area contributed by atoms with Crippen molar-refractivity contribution in [3.63, 3.8) is 0 Å². The number of hydrogen-bond donors (Lipinski definition) is 1. The Hall–Kier alpha value is -1.04. The Kier molecular flexibility index (Phi) is 5.46. The van der Waals surface area contributed by atoms with Crippen LogP contribution in [0.5, 0.6) is 0 Å². The van der Waals surface area contributed by atoms with Crippen molar-refractivity contribution in [1.29, 1.82) is 0 Å². The summed E-state index contributed by atoms with van der Waals surface area (Å²) in [6.07, 6.45) is 2.80. The molecule has 1 fully saturated rings. The minimum atomic E-state index is -0.292. The predicted octanol–water partition coefficient (Wildman–Crippen LogP) is 1.98. The predicted molar refractivity (Wildman–Crippen MR) is 77.1 cm³/mol. The van der Waals surface area contributed by atoms with Gasteiger partial charge in [-0.1, -0.05) is 0 Å². The molecule has 2 heterocycles. The van der Waals surface area contributed by atoms with Crippen molar-refractivity contribution >= 4 is 0 Å². The first kappa shape index (κ1) is 15.4. The number of morpholine rings is 1. The van der Waals surface area contributed by atoms with Crippen molar-refractivity contribution < 1.29 is 9.13 Å². The summed E-state index contributed by atoms with van der Waals surface area (Å²) in [6, 6.07) is 3.37. The summed E-state index contributed by atoms with van der Waals surface area (Å²) < 4.78 is 18.6. The number of rotatable bonds is 5. The van der Waals surface area contributed by atoms with Crippen LogP contribution in [0, 0.1) is 5.82 Å². The Balaban J connectivity index is 1.89. The Labute approximate surface area is 120 Å². The quantitative estimate of drug-likeness (QED) is 0.895. The van der Waals surface area contributed by atoms with Crippen LogP contribution in [0.3, 0.4) is 0 Å². The molecule has 0 amide bonds. The van der Waals surface area contributed by atoms with Gasteiger partial charge in [-0.05, 0) is 39.4 Å². The lowest BCUT2D eigenvalue weighted by molar-refractivity contribution is -0.0685. The highest BCUT2D eigenvalue weighted by Gasteiger charge is 2.22. The topological polar surface area (TPSA) is 37.4 Å². The molecule has 3 atom stereocenters. The summed E-state index contributed by atoms with van der Waals surface area (Å²) in [5.41, 5.74) is 0.892. The summed E-state index contributed by atoms with van der Waals surface area (Å²) in [7, 11) is 1.92. The molecule has 1 aromatic rings. The first-order valence-electron chi connectivity index (χ1n) is 7.25. The molecule has 0 bridgehead atoms. The monoisotopic (exact) mass is 281 g/mol. The fourth-order valence-corrected chi connectivity index (χ4v) is 2.81. The SMILES string of the molecule is CNC(CCN1CC(C)OC(C)C1)c1ccc(F)cn1.